The molecule has 1 aromatic heterocycles. The highest BCUT2D eigenvalue weighted by Crippen LogP contribution is 2.31. The van der Waals surface area contributed by atoms with E-state index in [0.717, 1.165) is 5.56 Å². The van der Waals surface area contributed by atoms with Crippen molar-refractivity contribution < 1.29 is 14.4 Å². The lowest BCUT2D eigenvalue weighted by molar-refractivity contribution is -0.130. The SMILES string of the molecule is CN[C@@H](C)C(=O)N[C@H](C(=O)N1c2ncccc2C[C@@H]1C(N)=O)C(C)C. The molecule has 0 bridgehead atoms. The molecule has 1 aliphatic rings. The van der Waals surface area contributed by atoms with E-state index in [1.165, 1.54) is 4.90 Å². The van der Waals surface area contributed by atoms with Crippen LogP contribution in [0.4, 0.5) is 5.82 Å². The van der Waals surface area contributed by atoms with E-state index in [-0.39, 0.29) is 17.7 Å². The highest BCUT2D eigenvalue weighted by Gasteiger charge is 2.42. The first-order valence-electron chi connectivity index (χ1n) is 8.31. The zero-order chi connectivity index (χ0) is 18.7. The molecule has 0 fully saturated rings. The van der Waals surface area contributed by atoms with Gasteiger partial charge in [-0.1, -0.05) is 19.9 Å². The number of nitrogens with zero attached hydrogens (tertiary/aromatic N) is 2. The molecule has 0 radical (unpaired) electrons. The summed E-state index contributed by atoms with van der Waals surface area (Å²) < 4.78 is 0. The molecule has 0 saturated carbocycles. The number of hydrogen-bond donors (Lipinski definition) is 3. The van der Waals surface area contributed by atoms with E-state index in [1.807, 2.05) is 19.9 Å². The first-order chi connectivity index (χ1) is 11.8. The van der Waals surface area contributed by atoms with E-state index in [0.29, 0.717) is 12.2 Å². The fourth-order valence-electron chi connectivity index (χ4n) is 2.81. The minimum Gasteiger partial charge on any atom is -0.368 e. The Morgan fingerprint density at radius 3 is 2.56 bits per heavy atom. The summed E-state index contributed by atoms with van der Waals surface area (Å²) in [5.41, 5.74) is 6.28. The lowest BCUT2D eigenvalue weighted by atomic mass is 10.0. The number of hydrogen-bond acceptors (Lipinski definition) is 5. The van der Waals surface area contributed by atoms with E-state index >= 15 is 0 Å². The number of nitrogens with two attached hydrogens (primary N) is 1. The van der Waals surface area contributed by atoms with E-state index in [1.54, 1.807) is 26.2 Å². The van der Waals surface area contributed by atoms with Gasteiger partial charge in [0.1, 0.15) is 17.9 Å². The monoisotopic (exact) mass is 347 g/mol. The zero-order valence-electron chi connectivity index (χ0n) is 14.9. The molecule has 0 saturated heterocycles. The number of amides is 3. The van der Waals surface area contributed by atoms with Gasteiger partial charge in [0.15, 0.2) is 0 Å². The quantitative estimate of drug-likeness (QED) is 0.646. The second-order valence-electron chi connectivity index (χ2n) is 6.56. The van der Waals surface area contributed by atoms with Gasteiger partial charge in [-0.3, -0.25) is 19.3 Å². The molecule has 0 aliphatic carbocycles. The Hall–Kier alpha value is -2.48. The number of likely N-dealkylation sites (N-methyl/N-ethyl adjacent to an activating group) is 1. The van der Waals surface area contributed by atoms with Crippen molar-refractivity contribution >= 4 is 23.5 Å². The van der Waals surface area contributed by atoms with E-state index in [2.05, 4.69) is 15.6 Å². The van der Waals surface area contributed by atoms with Crippen LogP contribution in [-0.4, -0.2) is 47.9 Å². The molecular weight excluding hydrogens is 322 g/mol. The molecule has 1 aromatic rings. The maximum atomic E-state index is 13.2. The number of carbonyl (C=O) groups excluding carboxylic acids is 3. The predicted octanol–water partition coefficient (Wildman–Crippen LogP) is -0.427. The highest BCUT2D eigenvalue weighted by atomic mass is 16.2. The Balaban J connectivity index is 2.33. The van der Waals surface area contributed by atoms with Crippen LogP contribution in [-0.2, 0) is 20.8 Å². The topological polar surface area (TPSA) is 117 Å². The number of carbonyl (C=O) groups is 3. The van der Waals surface area contributed by atoms with E-state index in [4.69, 9.17) is 5.73 Å². The van der Waals surface area contributed by atoms with Crippen molar-refractivity contribution in [1.82, 2.24) is 15.6 Å². The van der Waals surface area contributed by atoms with Crippen molar-refractivity contribution in [2.24, 2.45) is 11.7 Å². The van der Waals surface area contributed by atoms with Gasteiger partial charge < -0.3 is 16.4 Å². The van der Waals surface area contributed by atoms with Crippen molar-refractivity contribution in [3.05, 3.63) is 23.9 Å². The molecule has 0 aromatic carbocycles. The number of anilines is 1. The zero-order valence-corrected chi connectivity index (χ0v) is 14.9. The van der Waals surface area contributed by atoms with Gasteiger partial charge in [0.05, 0.1) is 6.04 Å². The average molecular weight is 347 g/mol. The average Bonchev–Trinajstić information content (AvgIpc) is 2.97. The lowest BCUT2D eigenvalue weighted by Gasteiger charge is -2.30. The van der Waals surface area contributed by atoms with Crippen molar-refractivity contribution in [1.29, 1.82) is 0 Å². The number of fused-ring (bicyclic) bond motifs is 1. The van der Waals surface area contributed by atoms with Crippen LogP contribution in [0, 0.1) is 5.92 Å². The first-order valence-corrected chi connectivity index (χ1v) is 8.31. The van der Waals surface area contributed by atoms with Crippen molar-refractivity contribution in [3.63, 3.8) is 0 Å². The van der Waals surface area contributed by atoms with Gasteiger partial charge in [-0.15, -0.1) is 0 Å². The molecule has 1 aliphatic heterocycles. The summed E-state index contributed by atoms with van der Waals surface area (Å²) >= 11 is 0. The van der Waals surface area contributed by atoms with Crippen molar-refractivity contribution in [3.8, 4) is 0 Å². The van der Waals surface area contributed by atoms with Gasteiger partial charge in [-0.05, 0) is 31.5 Å². The number of pyridine rings is 1. The summed E-state index contributed by atoms with van der Waals surface area (Å²) in [6.07, 6.45) is 1.89. The highest BCUT2D eigenvalue weighted by molar-refractivity contribution is 6.05. The molecular formula is C17H25N5O3. The fourth-order valence-corrected chi connectivity index (χ4v) is 2.81. The minimum atomic E-state index is -0.794. The third kappa shape index (κ3) is 3.79. The molecule has 3 amide bonds. The van der Waals surface area contributed by atoms with Gasteiger partial charge in [0, 0.05) is 12.6 Å². The molecule has 8 nitrogen and oxygen atoms in total. The van der Waals surface area contributed by atoms with Crippen LogP contribution in [0.2, 0.25) is 0 Å². The molecule has 8 heteroatoms. The number of primary amides is 1. The van der Waals surface area contributed by atoms with Crippen LogP contribution >= 0.6 is 0 Å². The fraction of sp³-hybridized carbons (Fsp3) is 0.529. The van der Waals surface area contributed by atoms with Crippen LogP contribution < -0.4 is 21.3 Å². The largest absolute Gasteiger partial charge is 0.368 e. The number of nitrogens with one attached hydrogen (secondary N) is 2. The van der Waals surface area contributed by atoms with Crippen LogP contribution in [0.5, 0.6) is 0 Å². The molecule has 2 rings (SSSR count). The normalized spacial score (nSPS) is 18.6. The summed E-state index contributed by atoms with van der Waals surface area (Å²) in [6, 6.07) is 1.55. The smallest absolute Gasteiger partial charge is 0.251 e. The minimum absolute atomic E-state index is 0.165. The van der Waals surface area contributed by atoms with Gasteiger partial charge in [0.2, 0.25) is 11.8 Å². The van der Waals surface area contributed by atoms with Crippen LogP contribution in [0.15, 0.2) is 18.3 Å². The van der Waals surface area contributed by atoms with Crippen LogP contribution in [0.25, 0.3) is 0 Å². The molecule has 2 heterocycles. The van der Waals surface area contributed by atoms with Crippen molar-refractivity contribution in [2.75, 3.05) is 11.9 Å². The summed E-state index contributed by atoms with van der Waals surface area (Å²) in [6.45, 7) is 5.37. The van der Waals surface area contributed by atoms with Crippen LogP contribution in [0.3, 0.4) is 0 Å². The van der Waals surface area contributed by atoms with Crippen LogP contribution in [0.1, 0.15) is 26.3 Å². The first kappa shape index (κ1) is 18.9. The summed E-state index contributed by atoms with van der Waals surface area (Å²) in [5.74, 6) is -0.998. The maximum Gasteiger partial charge on any atom is 0.251 e. The third-order valence-corrected chi connectivity index (χ3v) is 4.44. The van der Waals surface area contributed by atoms with Crippen molar-refractivity contribution in [2.45, 2.75) is 45.3 Å². The molecule has 4 N–H and O–H groups in total. The summed E-state index contributed by atoms with van der Waals surface area (Å²) in [5, 5.41) is 5.60. The molecule has 0 spiro atoms. The standard InChI is InChI=1S/C17H25N5O3/c1-9(2)13(21-16(24)10(3)19-4)17(25)22-12(14(18)23)8-11-6-5-7-20-15(11)22/h5-7,9-10,12-13,19H,8H2,1-4H3,(H2,18,23)(H,21,24)/t10-,12+,13-/m0/s1. The van der Waals surface area contributed by atoms with E-state index in [9.17, 15) is 14.4 Å². The molecule has 25 heavy (non-hydrogen) atoms. The lowest BCUT2D eigenvalue weighted by Crippen LogP contribution is -2.58. The molecule has 0 unspecified atom stereocenters. The second kappa shape index (κ2) is 7.60. The molecule has 3 atom stereocenters. The number of aromatic nitrogens is 1. The Bertz CT molecular complexity index is 676. The Morgan fingerprint density at radius 2 is 2.00 bits per heavy atom. The Kier molecular flexibility index (Phi) is 5.73. The van der Waals surface area contributed by atoms with Gasteiger partial charge in [0.25, 0.3) is 5.91 Å². The Labute approximate surface area is 147 Å². The van der Waals surface area contributed by atoms with Gasteiger partial charge in [-0.25, -0.2) is 4.98 Å². The summed E-state index contributed by atoms with van der Waals surface area (Å²) in [7, 11) is 1.67. The van der Waals surface area contributed by atoms with Gasteiger partial charge in [-0.2, -0.15) is 0 Å². The number of rotatable bonds is 6. The maximum absolute atomic E-state index is 13.2. The molecule has 136 valence electrons. The second-order valence-corrected chi connectivity index (χ2v) is 6.56. The van der Waals surface area contributed by atoms with E-state index < -0.39 is 24.0 Å². The summed E-state index contributed by atoms with van der Waals surface area (Å²) in [4.78, 5) is 42.8. The Morgan fingerprint density at radius 1 is 1.32 bits per heavy atom. The predicted molar refractivity (Wildman–Crippen MR) is 93.7 cm³/mol. The third-order valence-electron chi connectivity index (χ3n) is 4.44. The van der Waals surface area contributed by atoms with Gasteiger partial charge >= 0.3 is 0 Å².